The van der Waals surface area contributed by atoms with Gasteiger partial charge in [0.1, 0.15) is 5.75 Å². The molecule has 0 aliphatic carbocycles. The van der Waals surface area contributed by atoms with Gasteiger partial charge in [0.2, 0.25) is 0 Å². The number of ether oxygens (including phenoxy) is 1. The number of anilines is 1. The van der Waals surface area contributed by atoms with Crippen LogP contribution in [0.3, 0.4) is 0 Å². The zero-order valence-electron chi connectivity index (χ0n) is 10.7. The van der Waals surface area contributed by atoms with Gasteiger partial charge in [0.25, 0.3) is 0 Å². The Morgan fingerprint density at radius 1 is 1.21 bits per heavy atom. The summed E-state index contributed by atoms with van der Waals surface area (Å²) >= 11 is 7.74. The van der Waals surface area contributed by atoms with Crippen molar-refractivity contribution in [3.8, 4) is 5.75 Å². The predicted molar refractivity (Wildman–Crippen MR) is 82.2 cm³/mol. The minimum Gasteiger partial charge on any atom is -0.493 e. The van der Waals surface area contributed by atoms with Crippen LogP contribution in [0.1, 0.15) is 13.3 Å². The van der Waals surface area contributed by atoms with E-state index in [0.717, 1.165) is 27.0 Å². The SMILES string of the molecule is CCCOc1cc(N)cc(Sc2ccccc2Cl)c1. The van der Waals surface area contributed by atoms with E-state index in [1.807, 2.05) is 42.5 Å². The highest BCUT2D eigenvalue weighted by atomic mass is 35.5. The van der Waals surface area contributed by atoms with E-state index in [-0.39, 0.29) is 0 Å². The van der Waals surface area contributed by atoms with Crippen LogP contribution in [0, 0.1) is 0 Å². The van der Waals surface area contributed by atoms with E-state index in [1.54, 1.807) is 11.8 Å². The molecule has 4 heteroatoms. The van der Waals surface area contributed by atoms with Crippen molar-refractivity contribution >= 4 is 29.1 Å². The van der Waals surface area contributed by atoms with Crippen LogP contribution in [0.5, 0.6) is 5.75 Å². The summed E-state index contributed by atoms with van der Waals surface area (Å²) in [7, 11) is 0. The monoisotopic (exact) mass is 293 g/mol. The van der Waals surface area contributed by atoms with Gasteiger partial charge in [-0.2, -0.15) is 0 Å². The van der Waals surface area contributed by atoms with Crippen molar-refractivity contribution in [3.05, 3.63) is 47.5 Å². The molecule has 2 nitrogen and oxygen atoms in total. The standard InChI is InChI=1S/C15H16ClNOS/c1-2-7-18-12-8-11(17)9-13(10-12)19-15-6-4-3-5-14(15)16/h3-6,8-10H,2,7,17H2,1H3. The van der Waals surface area contributed by atoms with Gasteiger partial charge in [0, 0.05) is 21.5 Å². The van der Waals surface area contributed by atoms with Crippen LogP contribution in [-0.2, 0) is 0 Å². The molecule has 0 saturated heterocycles. The molecule has 0 spiro atoms. The lowest BCUT2D eigenvalue weighted by molar-refractivity contribution is 0.317. The van der Waals surface area contributed by atoms with Crippen molar-refractivity contribution in [1.82, 2.24) is 0 Å². The Kier molecular flexibility index (Phi) is 5.00. The largest absolute Gasteiger partial charge is 0.493 e. The summed E-state index contributed by atoms with van der Waals surface area (Å²) in [6.07, 6.45) is 0.974. The lowest BCUT2D eigenvalue weighted by Crippen LogP contribution is -1.96. The first-order valence-corrected chi connectivity index (χ1v) is 7.34. The highest BCUT2D eigenvalue weighted by molar-refractivity contribution is 7.99. The van der Waals surface area contributed by atoms with Crippen molar-refractivity contribution in [3.63, 3.8) is 0 Å². The van der Waals surface area contributed by atoms with Crippen molar-refractivity contribution in [2.75, 3.05) is 12.3 Å². The Balaban J connectivity index is 2.20. The predicted octanol–water partition coefficient (Wildman–Crippen LogP) is 4.86. The molecule has 0 amide bonds. The first-order chi connectivity index (χ1) is 9.19. The average Bonchev–Trinajstić information content (AvgIpc) is 2.38. The van der Waals surface area contributed by atoms with Crippen molar-refractivity contribution in [2.45, 2.75) is 23.1 Å². The average molecular weight is 294 g/mol. The zero-order chi connectivity index (χ0) is 13.7. The molecule has 0 saturated carbocycles. The van der Waals surface area contributed by atoms with Gasteiger partial charge in [-0.3, -0.25) is 0 Å². The molecule has 0 aliphatic heterocycles. The molecule has 0 aromatic heterocycles. The van der Waals surface area contributed by atoms with Gasteiger partial charge < -0.3 is 10.5 Å². The number of benzene rings is 2. The Labute approximate surface area is 122 Å². The molecule has 0 unspecified atom stereocenters. The van der Waals surface area contributed by atoms with E-state index < -0.39 is 0 Å². The van der Waals surface area contributed by atoms with E-state index in [0.29, 0.717) is 12.3 Å². The fourth-order valence-corrected chi connectivity index (χ4v) is 2.80. The lowest BCUT2D eigenvalue weighted by atomic mass is 10.3. The van der Waals surface area contributed by atoms with Gasteiger partial charge >= 0.3 is 0 Å². The molecule has 100 valence electrons. The Bertz CT molecular complexity index is 560. The fraction of sp³-hybridized carbons (Fsp3) is 0.200. The maximum Gasteiger partial charge on any atom is 0.122 e. The molecule has 0 fully saturated rings. The number of halogens is 1. The molecule has 2 N–H and O–H groups in total. The summed E-state index contributed by atoms with van der Waals surface area (Å²) in [6.45, 7) is 2.77. The second-order valence-electron chi connectivity index (χ2n) is 4.12. The van der Waals surface area contributed by atoms with Crippen molar-refractivity contribution in [1.29, 1.82) is 0 Å². The van der Waals surface area contributed by atoms with Gasteiger partial charge in [-0.25, -0.2) is 0 Å². The summed E-state index contributed by atoms with van der Waals surface area (Å²) < 4.78 is 5.62. The first-order valence-electron chi connectivity index (χ1n) is 6.15. The highest BCUT2D eigenvalue weighted by Gasteiger charge is 2.05. The molecular formula is C15H16ClNOS. The normalized spacial score (nSPS) is 10.4. The maximum atomic E-state index is 6.15. The molecule has 0 aliphatic rings. The van der Waals surface area contributed by atoms with E-state index in [1.165, 1.54) is 0 Å². The number of nitrogen functional groups attached to an aromatic ring is 1. The van der Waals surface area contributed by atoms with Gasteiger partial charge in [0.05, 0.1) is 11.6 Å². The summed E-state index contributed by atoms with van der Waals surface area (Å²) in [4.78, 5) is 2.04. The molecule has 0 atom stereocenters. The summed E-state index contributed by atoms with van der Waals surface area (Å²) in [5.41, 5.74) is 6.59. The Morgan fingerprint density at radius 2 is 2.00 bits per heavy atom. The van der Waals surface area contributed by atoms with Gasteiger partial charge in [-0.1, -0.05) is 42.4 Å². The fourth-order valence-electron chi connectivity index (χ4n) is 1.61. The van der Waals surface area contributed by atoms with Gasteiger partial charge in [-0.05, 0) is 30.7 Å². The van der Waals surface area contributed by atoms with Crippen LogP contribution >= 0.6 is 23.4 Å². The van der Waals surface area contributed by atoms with Crippen LogP contribution in [0.2, 0.25) is 5.02 Å². The van der Waals surface area contributed by atoms with Crippen LogP contribution in [-0.4, -0.2) is 6.61 Å². The molecular weight excluding hydrogens is 278 g/mol. The first kappa shape index (κ1) is 14.1. The van der Waals surface area contributed by atoms with E-state index in [2.05, 4.69) is 6.92 Å². The highest BCUT2D eigenvalue weighted by Crippen LogP contribution is 2.35. The summed E-state index contributed by atoms with van der Waals surface area (Å²) in [6, 6.07) is 13.5. The van der Waals surface area contributed by atoms with Crippen LogP contribution in [0.25, 0.3) is 0 Å². The molecule has 2 rings (SSSR count). The number of nitrogens with two attached hydrogens (primary N) is 1. The van der Waals surface area contributed by atoms with Gasteiger partial charge in [-0.15, -0.1) is 0 Å². The maximum absolute atomic E-state index is 6.15. The van der Waals surface area contributed by atoms with Crippen LogP contribution < -0.4 is 10.5 Å². The number of rotatable bonds is 5. The molecule has 0 radical (unpaired) electrons. The molecule has 2 aromatic carbocycles. The van der Waals surface area contributed by atoms with E-state index in [9.17, 15) is 0 Å². The van der Waals surface area contributed by atoms with E-state index >= 15 is 0 Å². The molecule has 2 aromatic rings. The van der Waals surface area contributed by atoms with Crippen LogP contribution in [0.15, 0.2) is 52.3 Å². The Morgan fingerprint density at radius 3 is 2.74 bits per heavy atom. The number of hydrogen-bond acceptors (Lipinski definition) is 3. The lowest BCUT2D eigenvalue weighted by Gasteiger charge is -2.09. The molecule has 0 bridgehead atoms. The molecule has 19 heavy (non-hydrogen) atoms. The number of hydrogen-bond donors (Lipinski definition) is 1. The van der Waals surface area contributed by atoms with Gasteiger partial charge in [0.15, 0.2) is 0 Å². The zero-order valence-corrected chi connectivity index (χ0v) is 12.3. The minimum atomic E-state index is 0.694. The smallest absolute Gasteiger partial charge is 0.122 e. The van der Waals surface area contributed by atoms with Crippen LogP contribution in [0.4, 0.5) is 5.69 Å². The third-order valence-electron chi connectivity index (χ3n) is 2.44. The quantitative estimate of drug-likeness (QED) is 0.799. The third-order valence-corrected chi connectivity index (χ3v) is 3.93. The van der Waals surface area contributed by atoms with E-state index in [4.69, 9.17) is 22.1 Å². The summed E-state index contributed by atoms with van der Waals surface area (Å²) in [5.74, 6) is 0.802. The Hall–Kier alpha value is -1.32. The third kappa shape index (κ3) is 4.08. The minimum absolute atomic E-state index is 0.694. The molecule has 0 heterocycles. The van der Waals surface area contributed by atoms with Crippen molar-refractivity contribution < 1.29 is 4.74 Å². The summed E-state index contributed by atoms with van der Waals surface area (Å²) in [5, 5.41) is 0.742. The second kappa shape index (κ2) is 6.73. The van der Waals surface area contributed by atoms with Crippen molar-refractivity contribution in [2.24, 2.45) is 0 Å². The topological polar surface area (TPSA) is 35.2 Å². The second-order valence-corrected chi connectivity index (χ2v) is 5.64.